The molecule has 0 aliphatic carbocycles. The molecular weight excluding hydrogens is 388 g/mol. The van der Waals surface area contributed by atoms with Crippen molar-refractivity contribution in [3.63, 3.8) is 0 Å². The van der Waals surface area contributed by atoms with Crippen molar-refractivity contribution in [3.8, 4) is 0 Å². The fourth-order valence-corrected chi connectivity index (χ4v) is 4.18. The maximum Gasteiger partial charge on any atom is 0.321 e. The monoisotopic (exact) mass is 412 g/mol. The van der Waals surface area contributed by atoms with E-state index in [9.17, 15) is 9.59 Å². The molecule has 0 spiro atoms. The molecule has 2 heterocycles. The van der Waals surface area contributed by atoms with Crippen molar-refractivity contribution in [2.75, 3.05) is 49.5 Å². The van der Waals surface area contributed by atoms with E-state index in [1.807, 2.05) is 48.5 Å². The molecule has 0 radical (unpaired) electrons. The Morgan fingerprint density at radius 1 is 0.828 bits per heavy atom. The van der Waals surface area contributed by atoms with Crippen molar-refractivity contribution in [1.82, 2.24) is 9.80 Å². The molecule has 0 unspecified atom stereocenters. The molecule has 4 rings (SSSR count). The first-order valence-corrected chi connectivity index (χ1v) is 10.4. The smallest absolute Gasteiger partial charge is 0.321 e. The van der Waals surface area contributed by atoms with E-state index in [4.69, 9.17) is 11.6 Å². The topological polar surface area (TPSA) is 55.9 Å². The average molecular weight is 413 g/mol. The van der Waals surface area contributed by atoms with Gasteiger partial charge in [0.25, 0.3) is 5.91 Å². The van der Waals surface area contributed by atoms with E-state index < -0.39 is 0 Å². The van der Waals surface area contributed by atoms with Crippen molar-refractivity contribution in [1.29, 1.82) is 0 Å². The van der Waals surface area contributed by atoms with Crippen molar-refractivity contribution >= 4 is 34.9 Å². The highest BCUT2D eigenvalue weighted by molar-refractivity contribution is 6.33. The fraction of sp³-hybridized carbons (Fsp3) is 0.364. The molecule has 2 saturated heterocycles. The molecule has 2 aromatic rings. The van der Waals surface area contributed by atoms with Crippen molar-refractivity contribution in [3.05, 3.63) is 59.1 Å². The summed E-state index contributed by atoms with van der Waals surface area (Å²) in [5.74, 6) is 0.00921. The largest absolute Gasteiger partial charge is 0.370 e. The number of piperazine rings is 1. The molecule has 2 aliphatic heterocycles. The highest BCUT2D eigenvalue weighted by Crippen LogP contribution is 2.31. The molecular formula is C22H25ClN4O2. The van der Waals surface area contributed by atoms with Crippen LogP contribution in [-0.2, 0) is 0 Å². The second-order valence-corrected chi connectivity index (χ2v) is 7.84. The second-order valence-electron chi connectivity index (χ2n) is 7.44. The van der Waals surface area contributed by atoms with Crippen LogP contribution >= 0.6 is 11.6 Å². The Kier molecular flexibility index (Phi) is 5.90. The molecule has 0 aromatic heterocycles. The number of rotatable bonds is 3. The van der Waals surface area contributed by atoms with Gasteiger partial charge in [0, 0.05) is 50.5 Å². The quantitative estimate of drug-likeness (QED) is 0.831. The van der Waals surface area contributed by atoms with Gasteiger partial charge < -0.3 is 20.0 Å². The first-order chi connectivity index (χ1) is 14.1. The average Bonchev–Trinajstić information content (AvgIpc) is 3.28. The van der Waals surface area contributed by atoms with Crippen molar-refractivity contribution in [2.45, 2.75) is 12.8 Å². The van der Waals surface area contributed by atoms with Crippen LogP contribution < -0.4 is 10.2 Å². The number of benzene rings is 2. The lowest BCUT2D eigenvalue weighted by Gasteiger charge is -2.34. The van der Waals surface area contributed by atoms with Crippen LogP contribution in [0.1, 0.15) is 23.2 Å². The Balaban J connectivity index is 1.32. The molecule has 0 bridgehead atoms. The van der Waals surface area contributed by atoms with Gasteiger partial charge in [0.1, 0.15) is 0 Å². The van der Waals surface area contributed by atoms with Gasteiger partial charge in [-0.05, 0) is 43.2 Å². The van der Waals surface area contributed by atoms with Crippen LogP contribution in [0.4, 0.5) is 16.2 Å². The van der Waals surface area contributed by atoms with E-state index in [1.165, 1.54) is 12.8 Å². The zero-order valence-corrected chi connectivity index (χ0v) is 17.1. The van der Waals surface area contributed by atoms with Crippen LogP contribution in [0, 0.1) is 0 Å². The maximum absolute atomic E-state index is 12.6. The number of hydrogen-bond donors (Lipinski definition) is 1. The second kappa shape index (κ2) is 8.74. The van der Waals surface area contributed by atoms with Gasteiger partial charge in [-0.1, -0.05) is 29.8 Å². The lowest BCUT2D eigenvalue weighted by atomic mass is 10.2. The van der Waals surface area contributed by atoms with E-state index in [0.29, 0.717) is 42.5 Å². The van der Waals surface area contributed by atoms with Gasteiger partial charge in [-0.25, -0.2) is 4.79 Å². The Bertz CT molecular complexity index is 876. The first kappa shape index (κ1) is 19.6. The molecule has 0 atom stereocenters. The van der Waals surface area contributed by atoms with Crippen LogP contribution in [0.25, 0.3) is 0 Å². The summed E-state index contributed by atoms with van der Waals surface area (Å²) in [6, 6.07) is 14.8. The van der Waals surface area contributed by atoms with E-state index in [-0.39, 0.29) is 11.9 Å². The van der Waals surface area contributed by atoms with E-state index >= 15 is 0 Å². The minimum absolute atomic E-state index is 0.00921. The summed E-state index contributed by atoms with van der Waals surface area (Å²) < 4.78 is 0. The minimum atomic E-state index is -0.165. The molecule has 29 heavy (non-hydrogen) atoms. The summed E-state index contributed by atoms with van der Waals surface area (Å²) in [6.07, 6.45) is 2.38. The van der Waals surface area contributed by atoms with Crippen LogP contribution in [0.15, 0.2) is 48.5 Å². The number of urea groups is 1. The molecule has 1 N–H and O–H groups in total. The van der Waals surface area contributed by atoms with Crippen LogP contribution in [-0.4, -0.2) is 61.0 Å². The SMILES string of the molecule is O=C(Nc1ccc(N2CCCC2)c(Cl)c1)N1CCN(C(=O)c2ccccc2)CC1. The minimum Gasteiger partial charge on any atom is -0.370 e. The van der Waals surface area contributed by atoms with Gasteiger partial charge in [0.05, 0.1) is 10.7 Å². The highest BCUT2D eigenvalue weighted by Gasteiger charge is 2.25. The number of carbonyl (C=O) groups excluding carboxylic acids is 2. The number of carbonyl (C=O) groups is 2. The zero-order valence-electron chi connectivity index (χ0n) is 16.3. The van der Waals surface area contributed by atoms with Crippen LogP contribution in [0.3, 0.4) is 0 Å². The molecule has 3 amide bonds. The summed E-state index contributed by atoms with van der Waals surface area (Å²) >= 11 is 6.44. The Morgan fingerprint density at radius 2 is 1.48 bits per heavy atom. The number of anilines is 2. The van der Waals surface area contributed by atoms with Crippen molar-refractivity contribution < 1.29 is 9.59 Å². The number of nitrogens with one attached hydrogen (secondary N) is 1. The summed E-state index contributed by atoms with van der Waals surface area (Å²) in [5.41, 5.74) is 2.39. The molecule has 2 fully saturated rings. The molecule has 6 nitrogen and oxygen atoms in total. The standard InChI is InChI=1S/C22H25ClN4O2/c23-19-16-18(8-9-20(19)25-10-4-5-11-25)24-22(29)27-14-12-26(13-15-27)21(28)17-6-2-1-3-7-17/h1-3,6-9,16H,4-5,10-15H2,(H,24,29). The van der Waals surface area contributed by atoms with E-state index in [0.717, 1.165) is 18.8 Å². The number of nitrogens with zero attached hydrogens (tertiary/aromatic N) is 3. The highest BCUT2D eigenvalue weighted by atomic mass is 35.5. The molecule has 2 aliphatic rings. The fourth-order valence-electron chi connectivity index (χ4n) is 3.88. The van der Waals surface area contributed by atoms with Crippen molar-refractivity contribution in [2.24, 2.45) is 0 Å². The van der Waals surface area contributed by atoms with Gasteiger partial charge >= 0.3 is 6.03 Å². The molecule has 2 aromatic carbocycles. The van der Waals surface area contributed by atoms with E-state index in [2.05, 4.69) is 10.2 Å². The molecule has 152 valence electrons. The van der Waals surface area contributed by atoms with Gasteiger partial charge in [-0.15, -0.1) is 0 Å². The predicted octanol–water partition coefficient (Wildman–Crippen LogP) is 3.93. The lowest BCUT2D eigenvalue weighted by molar-refractivity contribution is 0.0671. The third-order valence-electron chi connectivity index (χ3n) is 5.52. The normalized spacial score (nSPS) is 16.8. The number of amides is 3. The van der Waals surface area contributed by atoms with Crippen LogP contribution in [0.5, 0.6) is 0 Å². The van der Waals surface area contributed by atoms with Crippen LogP contribution in [0.2, 0.25) is 5.02 Å². The predicted molar refractivity (Wildman–Crippen MR) is 116 cm³/mol. The van der Waals surface area contributed by atoms with E-state index in [1.54, 1.807) is 9.80 Å². The first-order valence-electron chi connectivity index (χ1n) is 10.1. The number of halogens is 1. The third-order valence-corrected chi connectivity index (χ3v) is 5.82. The molecule has 7 heteroatoms. The Hall–Kier alpha value is -2.73. The Labute approximate surface area is 176 Å². The molecule has 0 saturated carbocycles. The van der Waals surface area contributed by atoms with Gasteiger partial charge in [0.15, 0.2) is 0 Å². The lowest BCUT2D eigenvalue weighted by Crippen LogP contribution is -2.51. The van der Waals surface area contributed by atoms with Gasteiger partial charge in [0.2, 0.25) is 0 Å². The zero-order chi connectivity index (χ0) is 20.2. The summed E-state index contributed by atoms with van der Waals surface area (Å²) in [6.45, 7) is 4.11. The van der Waals surface area contributed by atoms with Gasteiger partial charge in [-0.3, -0.25) is 4.79 Å². The Morgan fingerprint density at radius 3 is 2.14 bits per heavy atom. The maximum atomic E-state index is 12.6. The summed E-state index contributed by atoms with van der Waals surface area (Å²) in [7, 11) is 0. The third kappa shape index (κ3) is 4.48. The number of hydrogen-bond acceptors (Lipinski definition) is 3. The summed E-state index contributed by atoms with van der Waals surface area (Å²) in [4.78, 5) is 31.0. The summed E-state index contributed by atoms with van der Waals surface area (Å²) in [5, 5.41) is 3.58. The van der Waals surface area contributed by atoms with Gasteiger partial charge in [-0.2, -0.15) is 0 Å².